The van der Waals surface area contributed by atoms with E-state index in [9.17, 15) is 0 Å². The van der Waals surface area contributed by atoms with Crippen molar-refractivity contribution in [3.8, 4) is 0 Å². The van der Waals surface area contributed by atoms with Crippen LogP contribution in [-0.4, -0.2) is 49.1 Å². The Morgan fingerprint density at radius 3 is 2.40 bits per heavy atom. The molecule has 0 unspecified atom stereocenters. The normalized spacial score (nSPS) is 17.5. The van der Waals surface area contributed by atoms with Crippen LogP contribution in [0.2, 0.25) is 0 Å². The van der Waals surface area contributed by atoms with Gasteiger partial charge in [0.15, 0.2) is 0 Å². The number of hydrogen-bond acceptors (Lipinski definition) is 3. The molecule has 1 aromatic carbocycles. The minimum Gasteiger partial charge on any atom is -0.313 e. The van der Waals surface area contributed by atoms with Gasteiger partial charge in [0.25, 0.3) is 0 Å². The molecule has 1 N–H and O–H groups in total. The summed E-state index contributed by atoms with van der Waals surface area (Å²) in [5.74, 6) is 0. The van der Waals surface area contributed by atoms with Gasteiger partial charge in [0, 0.05) is 39.3 Å². The summed E-state index contributed by atoms with van der Waals surface area (Å²) in [6.45, 7) is 13.6. The highest BCUT2D eigenvalue weighted by molar-refractivity contribution is 5.23. The van der Waals surface area contributed by atoms with Crippen molar-refractivity contribution in [2.75, 3.05) is 39.3 Å². The van der Waals surface area contributed by atoms with Crippen LogP contribution in [0, 0.1) is 0 Å². The van der Waals surface area contributed by atoms with Gasteiger partial charge in [-0.25, -0.2) is 0 Å². The summed E-state index contributed by atoms with van der Waals surface area (Å²) in [6, 6.07) is 9.01. The Balaban J connectivity index is 1.81. The average molecular weight is 275 g/mol. The van der Waals surface area contributed by atoms with Crippen molar-refractivity contribution >= 4 is 0 Å². The van der Waals surface area contributed by atoms with Crippen molar-refractivity contribution in [3.05, 3.63) is 35.4 Å². The first-order chi connectivity index (χ1) is 9.81. The highest BCUT2D eigenvalue weighted by Crippen LogP contribution is 2.11. The van der Waals surface area contributed by atoms with E-state index in [1.54, 1.807) is 0 Å². The van der Waals surface area contributed by atoms with Crippen molar-refractivity contribution in [3.63, 3.8) is 0 Å². The first-order valence-electron chi connectivity index (χ1n) is 8.05. The fourth-order valence-electron chi connectivity index (χ4n) is 2.85. The predicted octanol–water partition coefficient (Wildman–Crippen LogP) is 2.32. The van der Waals surface area contributed by atoms with Crippen LogP contribution in [0.5, 0.6) is 0 Å². The number of rotatable bonds is 7. The van der Waals surface area contributed by atoms with Crippen LogP contribution in [0.4, 0.5) is 0 Å². The third-order valence-corrected chi connectivity index (χ3v) is 3.98. The van der Waals surface area contributed by atoms with Gasteiger partial charge in [-0.3, -0.25) is 4.90 Å². The minimum absolute atomic E-state index is 0.981. The van der Waals surface area contributed by atoms with E-state index in [2.05, 4.69) is 53.2 Å². The highest BCUT2D eigenvalue weighted by Gasteiger charge is 2.15. The van der Waals surface area contributed by atoms with Gasteiger partial charge in [-0.2, -0.15) is 0 Å². The lowest BCUT2D eigenvalue weighted by molar-refractivity contribution is 0.127. The molecule has 0 bridgehead atoms. The molecule has 0 atom stereocenters. The van der Waals surface area contributed by atoms with Gasteiger partial charge in [-0.15, -0.1) is 0 Å². The fraction of sp³-hybridized carbons (Fsp3) is 0.647. The van der Waals surface area contributed by atoms with Crippen molar-refractivity contribution < 1.29 is 0 Å². The van der Waals surface area contributed by atoms with Gasteiger partial charge in [0.1, 0.15) is 0 Å². The topological polar surface area (TPSA) is 18.5 Å². The summed E-state index contributed by atoms with van der Waals surface area (Å²) in [7, 11) is 0. The molecule has 0 saturated carbocycles. The van der Waals surface area contributed by atoms with Crippen LogP contribution in [0.25, 0.3) is 0 Å². The minimum atomic E-state index is 0.981. The number of piperazine rings is 1. The second-order valence-corrected chi connectivity index (χ2v) is 5.72. The maximum Gasteiger partial charge on any atom is 0.0234 e. The number of nitrogens with one attached hydrogen (secondary N) is 1. The molecule has 20 heavy (non-hydrogen) atoms. The molecule has 1 saturated heterocycles. The monoisotopic (exact) mass is 275 g/mol. The zero-order valence-corrected chi connectivity index (χ0v) is 13.1. The molecule has 2 rings (SSSR count). The lowest BCUT2D eigenvalue weighted by atomic mass is 10.1. The largest absolute Gasteiger partial charge is 0.313 e. The summed E-state index contributed by atoms with van der Waals surface area (Å²) in [4.78, 5) is 5.16. The molecule has 112 valence electrons. The van der Waals surface area contributed by atoms with Crippen LogP contribution in [0.15, 0.2) is 24.3 Å². The Morgan fingerprint density at radius 2 is 1.70 bits per heavy atom. The maximum atomic E-state index is 3.39. The Morgan fingerprint density at radius 1 is 1.00 bits per heavy atom. The first kappa shape index (κ1) is 15.5. The van der Waals surface area contributed by atoms with E-state index in [-0.39, 0.29) is 0 Å². The van der Waals surface area contributed by atoms with E-state index >= 15 is 0 Å². The number of hydrogen-bond donors (Lipinski definition) is 1. The smallest absolute Gasteiger partial charge is 0.0234 e. The summed E-state index contributed by atoms with van der Waals surface area (Å²) in [5.41, 5.74) is 2.85. The van der Waals surface area contributed by atoms with E-state index in [0.29, 0.717) is 0 Å². The highest BCUT2D eigenvalue weighted by atomic mass is 15.3. The molecule has 1 heterocycles. The third-order valence-electron chi connectivity index (χ3n) is 3.98. The first-order valence-corrected chi connectivity index (χ1v) is 8.05. The van der Waals surface area contributed by atoms with Crippen molar-refractivity contribution in [1.29, 1.82) is 0 Å². The molecule has 0 amide bonds. The second kappa shape index (κ2) is 8.40. The van der Waals surface area contributed by atoms with Crippen LogP contribution in [-0.2, 0) is 13.1 Å². The van der Waals surface area contributed by atoms with Gasteiger partial charge in [0.2, 0.25) is 0 Å². The zero-order valence-electron chi connectivity index (χ0n) is 13.1. The average Bonchev–Trinajstić information content (AvgIpc) is 2.48. The molecule has 0 radical (unpaired) electrons. The van der Waals surface area contributed by atoms with Gasteiger partial charge < -0.3 is 10.2 Å². The predicted molar refractivity (Wildman–Crippen MR) is 85.8 cm³/mol. The molecule has 0 spiro atoms. The van der Waals surface area contributed by atoms with E-state index < -0.39 is 0 Å². The van der Waals surface area contributed by atoms with E-state index in [1.165, 1.54) is 50.3 Å². The Kier molecular flexibility index (Phi) is 6.51. The van der Waals surface area contributed by atoms with E-state index in [0.717, 1.165) is 19.6 Å². The summed E-state index contributed by atoms with van der Waals surface area (Å²) < 4.78 is 0. The van der Waals surface area contributed by atoms with E-state index in [4.69, 9.17) is 0 Å². The van der Waals surface area contributed by atoms with Crippen molar-refractivity contribution in [2.24, 2.45) is 0 Å². The summed E-state index contributed by atoms with van der Waals surface area (Å²) in [5, 5.41) is 3.39. The number of nitrogens with zero attached hydrogens (tertiary/aromatic N) is 2. The maximum absolute atomic E-state index is 3.39. The van der Waals surface area contributed by atoms with Crippen LogP contribution < -0.4 is 5.32 Å². The molecular weight excluding hydrogens is 246 g/mol. The lowest BCUT2D eigenvalue weighted by Gasteiger charge is -2.34. The number of benzene rings is 1. The molecule has 1 fully saturated rings. The SMILES string of the molecule is CCCN1CCN(Cc2cccc(CNCC)c2)CC1. The quantitative estimate of drug-likeness (QED) is 0.824. The second-order valence-electron chi connectivity index (χ2n) is 5.72. The Bertz CT molecular complexity index is 384. The van der Waals surface area contributed by atoms with Gasteiger partial charge in [-0.05, 0) is 30.6 Å². The molecule has 1 aliphatic heterocycles. The fourth-order valence-corrected chi connectivity index (χ4v) is 2.85. The molecule has 1 aromatic rings. The van der Waals surface area contributed by atoms with E-state index in [1.807, 2.05) is 0 Å². The molecule has 0 aliphatic carbocycles. The van der Waals surface area contributed by atoms with Crippen LogP contribution >= 0.6 is 0 Å². The molecule has 3 nitrogen and oxygen atoms in total. The van der Waals surface area contributed by atoms with Crippen LogP contribution in [0.1, 0.15) is 31.4 Å². The lowest BCUT2D eigenvalue weighted by Crippen LogP contribution is -2.45. The summed E-state index contributed by atoms with van der Waals surface area (Å²) in [6.07, 6.45) is 1.27. The van der Waals surface area contributed by atoms with Gasteiger partial charge >= 0.3 is 0 Å². The Labute approximate surface area is 124 Å². The molecule has 1 aliphatic rings. The molecule has 3 heteroatoms. The summed E-state index contributed by atoms with van der Waals surface area (Å²) >= 11 is 0. The third kappa shape index (κ3) is 4.89. The van der Waals surface area contributed by atoms with Gasteiger partial charge in [0.05, 0.1) is 0 Å². The molecule has 0 aromatic heterocycles. The molecular formula is C17H29N3. The zero-order chi connectivity index (χ0) is 14.2. The van der Waals surface area contributed by atoms with Crippen LogP contribution in [0.3, 0.4) is 0 Å². The van der Waals surface area contributed by atoms with Gasteiger partial charge in [-0.1, -0.05) is 38.1 Å². The Hall–Kier alpha value is -0.900. The standard InChI is InChI=1S/C17H29N3/c1-3-8-19-9-11-20(12-10-19)15-17-7-5-6-16(13-17)14-18-4-2/h5-7,13,18H,3-4,8-12,14-15H2,1-2H3. The van der Waals surface area contributed by atoms with Crippen molar-refractivity contribution in [1.82, 2.24) is 15.1 Å². The van der Waals surface area contributed by atoms with Crippen molar-refractivity contribution in [2.45, 2.75) is 33.4 Å².